The van der Waals surface area contributed by atoms with E-state index >= 15 is 4.39 Å². The first-order valence-electron chi connectivity index (χ1n) is 13.2. The van der Waals surface area contributed by atoms with Crippen molar-refractivity contribution >= 4 is 33.4 Å². The highest BCUT2D eigenvalue weighted by Crippen LogP contribution is 2.39. The second kappa shape index (κ2) is 8.82. The lowest BCUT2D eigenvalue weighted by molar-refractivity contribution is 0.238. The van der Waals surface area contributed by atoms with Crippen molar-refractivity contribution in [2.24, 2.45) is 5.92 Å². The fourth-order valence-corrected chi connectivity index (χ4v) is 6.31. The molecule has 2 atom stereocenters. The topological polar surface area (TPSA) is 84.8 Å². The van der Waals surface area contributed by atoms with Gasteiger partial charge in [-0.15, -0.1) is 0 Å². The third-order valence-corrected chi connectivity index (χ3v) is 8.20. The van der Waals surface area contributed by atoms with Crippen LogP contribution in [0.2, 0.25) is 0 Å². The molecule has 0 aliphatic carbocycles. The first-order valence-corrected chi connectivity index (χ1v) is 13.2. The van der Waals surface area contributed by atoms with Gasteiger partial charge in [-0.1, -0.05) is 30.3 Å². The van der Waals surface area contributed by atoms with E-state index in [1.54, 1.807) is 18.2 Å². The van der Waals surface area contributed by atoms with E-state index in [0.29, 0.717) is 46.0 Å². The maximum atomic E-state index is 16.4. The molecular weight excluding hydrogens is 469 g/mol. The molecule has 4 heterocycles. The molecule has 7 nitrogen and oxygen atoms in total. The molecular formula is C29H30FN5O2. The van der Waals surface area contributed by atoms with Gasteiger partial charge in [0.25, 0.3) is 0 Å². The average molecular weight is 500 g/mol. The Kier molecular flexibility index (Phi) is 5.41. The number of aliphatic hydroxyl groups excluding tert-OH is 1. The van der Waals surface area contributed by atoms with Gasteiger partial charge in [-0.05, 0) is 59.7 Å². The van der Waals surface area contributed by atoms with E-state index in [0.717, 1.165) is 62.0 Å². The van der Waals surface area contributed by atoms with Gasteiger partial charge in [-0.25, -0.2) is 9.37 Å². The van der Waals surface area contributed by atoms with E-state index in [2.05, 4.69) is 15.1 Å². The van der Waals surface area contributed by atoms with Gasteiger partial charge in [-0.3, -0.25) is 0 Å². The molecule has 190 valence electrons. The maximum Gasteiger partial charge on any atom is 0.228 e. The van der Waals surface area contributed by atoms with Crippen LogP contribution in [0.25, 0.3) is 32.8 Å². The normalized spacial score (nSPS) is 21.7. The summed E-state index contributed by atoms with van der Waals surface area (Å²) in [5, 5.41) is 25.8. The molecule has 37 heavy (non-hydrogen) atoms. The lowest BCUT2D eigenvalue weighted by Crippen LogP contribution is -2.52. The van der Waals surface area contributed by atoms with Crippen LogP contribution >= 0.6 is 0 Å². The van der Waals surface area contributed by atoms with E-state index in [4.69, 9.17) is 9.97 Å². The summed E-state index contributed by atoms with van der Waals surface area (Å²) in [7, 11) is 0. The van der Waals surface area contributed by atoms with Crippen LogP contribution in [0.3, 0.4) is 0 Å². The monoisotopic (exact) mass is 499 g/mol. The Morgan fingerprint density at radius 2 is 1.68 bits per heavy atom. The number of aromatic nitrogens is 2. The largest absolute Gasteiger partial charge is 0.508 e. The van der Waals surface area contributed by atoms with Crippen LogP contribution in [-0.2, 0) is 0 Å². The maximum absolute atomic E-state index is 16.4. The molecule has 3 saturated heterocycles. The van der Waals surface area contributed by atoms with Crippen molar-refractivity contribution < 1.29 is 14.6 Å². The summed E-state index contributed by atoms with van der Waals surface area (Å²) in [4.78, 5) is 14.1. The number of nitrogens with one attached hydrogen (secondary N) is 1. The minimum atomic E-state index is -0.399. The summed E-state index contributed by atoms with van der Waals surface area (Å²) in [6, 6.07) is 15.6. The Labute approximate surface area is 214 Å². The number of benzene rings is 3. The van der Waals surface area contributed by atoms with Crippen LogP contribution < -0.4 is 15.1 Å². The van der Waals surface area contributed by atoms with Gasteiger partial charge in [0.05, 0.1) is 0 Å². The highest BCUT2D eigenvalue weighted by molar-refractivity contribution is 6.01. The number of piperazine rings is 1. The molecule has 1 aromatic heterocycles. The van der Waals surface area contributed by atoms with E-state index in [-0.39, 0.29) is 12.4 Å². The number of rotatable bonds is 5. The smallest absolute Gasteiger partial charge is 0.228 e. The zero-order valence-electron chi connectivity index (χ0n) is 20.6. The Balaban J connectivity index is 1.38. The number of hydrogen-bond acceptors (Lipinski definition) is 7. The highest BCUT2D eigenvalue weighted by Gasteiger charge is 2.35. The summed E-state index contributed by atoms with van der Waals surface area (Å²) in [6.07, 6.45) is 3.05. The predicted molar refractivity (Wildman–Crippen MR) is 144 cm³/mol. The minimum Gasteiger partial charge on any atom is -0.508 e. The molecule has 0 spiro atoms. The number of aliphatic hydroxyl groups is 1. The van der Waals surface area contributed by atoms with Crippen LogP contribution in [0.5, 0.6) is 5.75 Å². The van der Waals surface area contributed by atoms with E-state index < -0.39 is 5.82 Å². The van der Waals surface area contributed by atoms with E-state index in [1.165, 1.54) is 0 Å². The molecule has 3 N–H and O–H groups in total. The van der Waals surface area contributed by atoms with Gasteiger partial charge >= 0.3 is 0 Å². The number of hydrogen-bond donors (Lipinski definition) is 3. The first kappa shape index (κ1) is 22.7. The summed E-state index contributed by atoms with van der Waals surface area (Å²) in [6.45, 7) is 3.38. The standard InChI is InChI=1S/C29H30FN5O2/c30-26-23(25-12-21(37)11-18-3-1-2-4-22(18)25)7-8-24-27(26)32-29(35-13-17(14-35)9-10-36)33-28(24)34-15-19-5-6-20(16-34)31-19/h1-4,7-8,11-12,17,19-20,31,36-37H,5-6,9-10,13-16H2. The zero-order chi connectivity index (χ0) is 25.1. The van der Waals surface area contributed by atoms with Gasteiger partial charge in [0.15, 0.2) is 5.82 Å². The molecule has 8 heteroatoms. The van der Waals surface area contributed by atoms with Crippen molar-refractivity contribution in [2.75, 3.05) is 42.6 Å². The Bertz CT molecular complexity index is 1490. The van der Waals surface area contributed by atoms with Crippen molar-refractivity contribution in [1.29, 1.82) is 0 Å². The molecule has 7 rings (SSSR count). The number of fused-ring (bicyclic) bond motifs is 4. The van der Waals surface area contributed by atoms with Gasteiger partial charge in [-0.2, -0.15) is 4.98 Å². The number of nitrogens with zero attached hydrogens (tertiary/aromatic N) is 4. The third-order valence-electron chi connectivity index (χ3n) is 8.20. The molecule has 0 radical (unpaired) electrons. The van der Waals surface area contributed by atoms with Crippen LogP contribution in [0, 0.1) is 11.7 Å². The lowest BCUT2D eigenvalue weighted by Gasteiger charge is -2.40. The number of phenols is 1. The molecule has 2 unspecified atom stereocenters. The van der Waals surface area contributed by atoms with Crippen LogP contribution in [0.4, 0.5) is 16.2 Å². The molecule has 2 bridgehead atoms. The second-order valence-corrected chi connectivity index (χ2v) is 10.7. The second-order valence-electron chi connectivity index (χ2n) is 10.7. The summed E-state index contributed by atoms with van der Waals surface area (Å²) >= 11 is 0. The lowest BCUT2D eigenvalue weighted by atomic mass is 9.96. The molecule has 3 aliphatic heterocycles. The van der Waals surface area contributed by atoms with Crippen LogP contribution in [0.1, 0.15) is 19.3 Å². The Morgan fingerprint density at radius 3 is 2.46 bits per heavy atom. The van der Waals surface area contributed by atoms with Crippen LogP contribution in [-0.4, -0.2) is 65.1 Å². The fourth-order valence-electron chi connectivity index (χ4n) is 6.31. The highest BCUT2D eigenvalue weighted by atomic mass is 19.1. The van der Waals surface area contributed by atoms with E-state index in [9.17, 15) is 10.2 Å². The van der Waals surface area contributed by atoms with E-state index in [1.807, 2.05) is 30.3 Å². The quantitative estimate of drug-likeness (QED) is 0.382. The van der Waals surface area contributed by atoms with Gasteiger partial charge in [0, 0.05) is 55.8 Å². The molecule has 0 saturated carbocycles. The number of anilines is 2. The first-order chi connectivity index (χ1) is 18.1. The van der Waals surface area contributed by atoms with Crippen molar-refractivity contribution in [2.45, 2.75) is 31.3 Å². The van der Waals surface area contributed by atoms with Gasteiger partial charge in [0.2, 0.25) is 5.95 Å². The average Bonchev–Trinajstić information content (AvgIpc) is 3.22. The van der Waals surface area contributed by atoms with Gasteiger partial charge < -0.3 is 25.3 Å². The fraction of sp³-hybridized carbons (Fsp3) is 0.379. The SMILES string of the molecule is OCCC1CN(c2nc(N3CC4CCC(C3)N4)c3ccc(-c4cc(O)cc5ccccc45)c(F)c3n2)C1. The van der Waals surface area contributed by atoms with Crippen molar-refractivity contribution in [3.8, 4) is 16.9 Å². The summed E-state index contributed by atoms with van der Waals surface area (Å²) in [5.74, 6) is 1.43. The molecule has 4 aromatic rings. The molecule has 3 aliphatic rings. The predicted octanol–water partition coefficient (Wildman–Crippen LogP) is 4.05. The number of halogens is 1. The number of phenolic OH excluding ortho intramolecular Hbond substituents is 1. The summed E-state index contributed by atoms with van der Waals surface area (Å²) < 4.78 is 16.4. The van der Waals surface area contributed by atoms with Gasteiger partial charge in [0.1, 0.15) is 17.1 Å². The van der Waals surface area contributed by atoms with Crippen molar-refractivity contribution in [3.05, 3.63) is 54.3 Å². The molecule has 0 amide bonds. The number of aromatic hydroxyl groups is 1. The molecule has 3 fully saturated rings. The summed E-state index contributed by atoms with van der Waals surface area (Å²) in [5.41, 5.74) is 1.36. The minimum absolute atomic E-state index is 0.101. The van der Waals surface area contributed by atoms with Crippen LogP contribution in [0.15, 0.2) is 48.5 Å². The van der Waals surface area contributed by atoms with Crippen molar-refractivity contribution in [1.82, 2.24) is 15.3 Å². The zero-order valence-corrected chi connectivity index (χ0v) is 20.6. The Morgan fingerprint density at radius 1 is 0.892 bits per heavy atom. The van der Waals surface area contributed by atoms with Crippen molar-refractivity contribution in [3.63, 3.8) is 0 Å². The third kappa shape index (κ3) is 3.86. The molecule has 3 aromatic carbocycles. The Hall–Kier alpha value is -3.49.